The molecule has 3 rings (SSSR count). The number of carbonyl (C=O) groups is 1. The van der Waals surface area contributed by atoms with Crippen LogP contribution in [0.1, 0.15) is 18.4 Å². The summed E-state index contributed by atoms with van der Waals surface area (Å²) in [6, 6.07) is 13.8. The largest absolute Gasteiger partial charge is 0.493 e. The number of ether oxygens (including phenoxy) is 2. The van der Waals surface area contributed by atoms with Crippen LogP contribution in [0, 0.1) is 5.82 Å². The number of hydrogen-bond acceptors (Lipinski definition) is 3. The molecule has 0 atom stereocenters. The molecule has 2 aromatic rings. The van der Waals surface area contributed by atoms with Crippen molar-refractivity contribution >= 4 is 6.03 Å². The summed E-state index contributed by atoms with van der Waals surface area (Å²) >= 11 is 0. The second-order valence-electron chi connectivity index (χ2n) is 6.22. The van der Waals surface area contributed by atoms with Gasteiger partial charge in [0.2, 0.25) is 0 Å². The molecule has 1 fully saturated rings. The van der Waals surface area contributed by atoms with Gasteiger partial charge in [0.05, 0.1) is 13.7 Å². The topological polar surface area (TPSA) is 50.8 Å². The Morgan fingerprint density at radius 2 is 1.85 bits per heavy atom. The molecule has 0 unspecified atom stereocenters. The molecular formula is C20H23FN2O3. The normalized spacial score (nSPS) is 13.2. The lowest BCUT2D eigenvalue weighted by Crippen LogP contribution is -2.42. The molecule has 1 aliphatic rings. The van der Waals surface area contributed by atoms with Crippen LogP contribution in [0.4, 0.5) is 9.18 Å². The monoisotopic (exact) mass is 358 g/mol. The van der Waals surface area contributed by atoms with Crippen molar-refractivity contribution in [3.63, 3.8) is 0 Å². The van der Waals surface area contributed by atoms with Crippen molar-refractivity contribution in [2.75, 3.05) is 20.3 Å². The third-order valence-electron chi connectivity index (χ3n) is 4.22. The van der Waals surface area contributed by atoms with E-state index in [-0.39, 0.29) is 17.9 Å². The molecule has 2 amide bonds. The number of halogens is 1. The van der Waals surface area contributed by atoms with Crippen LogP contribution in [-0.4, -0.2) is 37.2 Å². The summed E-state index contributed by atoms with van der Waals surface area (Å²) in [7, 11) is 1.59. The first-order valence-corrected chi connectivity index (χ1v) is 8.72. The molecule has 2 aromatic carbocycles. The minimum Gasteiger partial charge on any atom is -0.493 e. The third kappa shape index (κ3) is 4.88. The fraction of sp³-hybridized carbons (Fsp3) is 0.350. The zero-order valence-electron chi connectivity index (χ0n) is 14.8. The maximum Gasteiger partial charge on any atom is 0.318 e. The predicted octanol–water partition coefficient (Wildman–Crippen LogP) is 3.59. The van der Waals surface area contributed by atoms with Gasteiger partial charge in [-0.25, -0.2) is 9.18 Å². The molecule has 0 radical (unpaired) electrons. The second kappa shape index (κ2) is 8.56. The van der Waals surface area contributed by atoms with Gasteiger partial charge in [-0.3, -0.25) is 0 Å². The van der Waals surface area contributed by atoms with E-state index in [1.807, 2.05) is 24.3 Å². The number of urea groups is 1. The van der Waals surface area contributed by atoms with Gasteiger partial charge in [-0.05, 0) is 42.7 Å². The van der Waals surface area contributed by atoms with Crippen LogP contribution >= 0.6 is 0 Å². The highest BCUT2D eigenvalue weighted by molar-refractivity contribution is 5.74. The maximum absolute atomic E-state index is 13.0. The van der Waals surface area contributed by atoms with Gasteiger partial charge in [0.15, 0.2) is 11.5 Å². The average molecular weight is 358 g/mol. The summed E-state index contributed by atoms with van der Waals surface area (Å²) in [6.07, 6.45) is 2.01. The molecule has 0 aromatic heterocycles. The molecule has 0 heterocycles. The van der Waals surface area contributed by atoms with Crippen LogP contribution in [0.3, 0.4) is 0 Å². The quantitative estimate of drug-likeness (QED) is 0.734. The molecular weight excluding hydrogens is 335 g/mol. The summed E-state index contributed by atoms with van der Waals surface area (Å²) in [4.78, 5) is 14.3. The number of nitrogens with one attached hydrogen (secondary N) is 1. The Kier molecular flexibility index (Phi) is 5.94. The zero-order chi connectivity index (χ0) is 18.4. The number of amides is 2. The molecule has 0 aliphatic heterocycles. The highest BCUT2D eigenvalue weighted by atomic mass is 19.1. The van der Waals surface area contributed by atoms with Gasteiger partial charge in [-0.15, -0.1) is 0 Å². The first-order chi connectivity index (χ1) is 12.7. The molecule has 1 aliphatic carbocycles. The molecule has 0 saturated heterocycles. The van der Waals surface area contributed by atoms with Crippen molar-refractivity contribution in [3.05, 3.63) is 59.9 Å². The molecule has 138 valence electrons. The highest BCUT2D eigenvalue weighted by Gasteiger charge is 2.32. The van der Waals surface area contributed by atoms with E-state index in [1.54, 1.807) is 24.1 Å². The van der Waals surface area contributed by atoms with E-state index >= 15 is 0 Å². The van der Waals surface area contributed by atoms with E-state index in [1.165, 1.54) is 12.1 Å². The summed E-state index contributed by atoms with van der Waals surface area (Å²) in [5.74, 6) is 1.04. The van der Waals surface area contributed by atoms with Gasteiger partial charge in [0, 0.05) is 12.6 Å². The lowest BCUT2D eigenvalue weighted by atomic mass is 10.2. The Labute approximate surface area is 152 Å². The van der Waals surface area contributed by atoms with Gasteiger partial charge < -0.3 is 19.7 Å². The van der Waals surface area contributed by atoms with Crippen LogP contribution in [0.5, 0.6) is 11.5 Å². The SMILES string of the molecule is COc1ccccc1OCCNC(=O)N(Cc1ccc(F)cc1)C1CC1. The molecule has 0 spiro atoms. The molecule has 5 nitrogen and oxygen atoms in total. The standard InChI is InChI=1S/C20H23FN2O3/c1-25-18-4-2-3-5-19(18)26-13-12-22-20(24)23(17-10-11-17)14-15-6-8-16(21)9-7-15/h2-9,17H,10-14H2,1H3,(H,22,24). The number of para-hydroxylation sites is 2. The van der Waals surface area contributed by atoms with E-state index in [9.17, 15) is 9.18 Å². The summed E-state index contributed by atoms with van der Waals surface area (Å²) in [6.45, 7) is 1.22. The van der Waals surface area contributed by atoms with E-state index in [4.69, 9.17) is 9.47 Å². The Morgan fingerprint density at radius 3 is 2.50 bits per heavy atom. The van der Waals surface area contributed by atoms with E-state index in [2.05, 4.69) is 5.32 Å². The Morgan fingerprint density at radius 1 is 1.15 bits per heavy atom. The Bertz CT molecular complexity index is 732. The number of rotatable bonds is 8. The van der Waals surface area contributed by atoms with Crippen molar-refractivity contribution in [1.29, 1.82) is 0 Å². The van der Waals surface area contributed by atoms with Crippen molar-refractivity contribution in [3.8, 4) is 11.5 Å². The summed E-state index contributed by atoms with van der Waals surface area (Å²) < 4.78 is 23.9. The van der Waals surface area contributed by atoms with Crippen LogP contribution in [0.2, 0.25) is 0 Å². The minimum atomic E-state index is -0.273. The summed E-state index contributed by atoms with van der Waals surface area (Å²) in [5.41, 5.74) is 0.915. The number of nitrogens with zero attached hydrogens (tertiary/aromatic N) is 1. The molecule has 1 saturated carbocycles. The molecule has 0 bridgehead atoms. The van der Waals surface area contributed by atoms with Gasteiger partial charge in [-0.1, -0.05) is 24.3 Å². The maximum atomic E-state index is 13.0. The minimum absolute atomic E-state index is 0.125. The zero-order valence-corrected chi connectivity index (χ0v) is 14.8. The van der Waals surface area contributed by atoms with Crippen LogP contribution in [-0.2, 0) is 6.54 Å². The smallest absolute Gasteiger partial charge is 0.318 e. The predicted molar refractivity (Wildman–Crippen MR) is 96.9 cm³/mol. The van der Waals surface area contributed by atoms with Gasteiger partial charge in [-0.2, -0.15) is 0 Å². The summed E-state index contributed by atoms with van der Waals surface area (Å²) in [5, 5.41) is 2.89. The lowest BCUT2D eigenvalue weighted by molar-refractivity contribution is 0.188. The Hall–Kier alpha value is -2.76. The number of methoxy groups -OCH3 is 1. The van der Waals surface area contributed by atoms with Crippen LogP contribution in [0.25, 0.3) is 0 Å². The Balaban J connectivity index is 1.48. The van der Waals surface area contributed by atoms with E-state index in [0.29, 0.717) is 31.2 Å². The second-order valence-corrected chi connectivity index (χ2v) is 6.22. The number of carbonyl (C=O) groups excluding carboxylic acids is 1. The van der Waals surface area contributed by atoms with Gasteiger partial charge in [0.25, 0.3) is 0 Å². The van der Waals surface area contributed by atoms with Crippen LogP contribution in [0.15, 0.2) is 48.5 Å². The van der Waals surface area contributed by atoms with Crippen molar-refractivity contribution < 1.29 is 18.7 Å². The first kappa shape index (κ1) is 18.0. The third-order valence-corrected chi connectivity index (χ3v) is 4.22. The van der Waals surface area contributed by atoms with Crippen molar-refractivity contribution in [2.45, 2.75) is 25.4 Å². The molecule has 26 heavy (non-hydrogen) atoms. The fourth-order valence-electron chi connectivity index (χ4n) is 2.70. The average Bonchev–Trinajstić information content (AvgIpc) is 3.50. The molecule has 1 N–H and O–H groups in total. The number of benzene rings is 2. The van der Waals surface area contributed by atoms with Crippen molar-refractivity contribution in [1.82, 2.24) is 10.2 Å². The lowest BCUT2D eigenvalue weighted by Gasteiger charge is -2.23. The first-order valence-electron chi connectivity index (χ1n) is 8.72. The van der Waals surface area contributed by atoms with Crippen molar-refractivity contribution in [2.24, 2.45) is 0 Å². The number of hydrogen-bond donors (Lipinski definition) is 1. The highest BCUT2D eigenvalue weighted by Crippen LogP contribution is 2.28. The van der Waals surface area contributed by atoms with Gasteiger partial charge in [0.1, 0.15) is 12.4 Å². The molecule has 6 heteroatoms. The fourth-order valence-corrected chi connectivity index (χ4v) is 2.70. The van der Waals surface area contributed by atoms with E-state index in [0.717, 1.165) is 18.4 Å². The van der Waals surface area contributed by atoms with Crippen LogP contribution < -0.4 is 14.8 Å². The van der Waals surface area contributed by atoms with Gasteiger partial charge >= 0.3 is 6.03 Å². The van der Waals surface area contributed by atoms with E-state index < -0.39 is 0 Å².